The molecule has 92 valence electrons. The van der Waals surface area contributed by atoms with E-state index < -0.39 is 0 Å². The van der Waals surface area contributed by atoms with Crippen molar-refractivity contribution in [2.75, 3.05) is 0 Å². The smallest absolute Gasteiger partial charge is 0.00550 e. The van der Waals surface area contributed by atoms with E-state index in [1.54, 1.807) is 33.4 Å². The van der Waals surface area contributed by atoms with Crippen LogP contribution in [0.4, 0.5) is 0 Å². The molecule has 0 aliphatic heterocycles. The Kier molecular flexibility index (Phi) is 3.71. The Balaban J connectivity index is 2.62. The molecule has 0 spiro atoms. The van der Waals surface area contributed by atoms with Gasteiger partial charge in [-0.3, -0.25) is 0 Å². The number of aryl methyl sites for hydroxylation is 1. The van der Waals surface area contributed by atoms with Crippen LogP contribution in [0.15, 0.2) is 17.7 Å². The second-order valence-electron chi connectivity index (χ2n) is 4.91. The molecule has 0 fully saturated rings. The minimum absolute atomic E-state index is 1.16. The van der Waals surface area contributed by atoms with Crippen LogP contribution in [0.25, 0.3) is 5.57 Å². The van der Waals surface area contributed by atoms with Crippen molar-refractivity contribution in [2.45, 2.75) is 59.8 Å². The zero-order chi connectivity index (χ0) is 12.4. The summed E-state index contributed by atoms with van der Waals surface area (Å²) in [6.45, 7) is 9.17. The van der Waals surface area contributed by atoms with Gasteiger partial charge in [0.05, 0.1) is 0 Å². The average molecular weight is 228 g/mol. The van der Waals surface area contributed by atoms with E-state index in [1.165, 1.54) is 25.7 Å². The van der Waals surface area contributed by atoms with Gasteiger partial charge in [0.2, 0.25) is 0 Å². The molecule has 0 radical (unpaired) electrons. The number of allylic oxidation sites excluding steroid dienone is 2. The van der Waals surface area contributed by atoms with Gasteiger partial charge < -0.3 is 0 Å². The first-order valence-corrected chi connectivity index (χ1v) is 7.11. The molecule has 0 bridgehead atoms. The molecule has 1 aliphatic rings. The van der Waals surface area contributed by atoms with Crippen LogP contribution in [0, 0.1) is 0 Å². The van der Waals surface area contributed by atoms with Crippen LogP contribution in [0.5, 0.6) is 0 Å². The summed E-state index contributed by atoms with van der Waals surface area (Å²) in [5.74, 6) is 0. The molecule has 1 aliphatic carbocycles. The van der Waals surface area contributed by atoms with E-state index >= 15 is 0 Å². The Morgan fingerprint density at radius 2 is 1.65 bits per heavy atom. The first-order valence-electron chi connectivity index (χ1n) is 7.11. The summed E-state index contributed by atoms with van der Waals surface area (Å²) in [7, 11) is 0. The molecule has 0 unspecified atom stereocenters. The van der Waals surface area contributed by atoms with E-state index in [1.807, 2.05) is 0 Å². The van der Waals surface area contributed by atoms with E-state index in [0.29, 0.717) is 0 Å². The fraction of sp³-hybridized carbons (Fsp3) is 0.529. The number of hydrogen-bond donors (Lipinski definition) is 0. The van der Waals surface area contributed by atoms with Crippen molar-refractivity contribution < 1.29 is 0 Å². The van der Waals surface area contributed by atoms with Crippen molar-refractivity contribution in [3.8, 4) is 0 Å². The third-order valence-corrected chi connectivity index (χ3v) is 4.14. The van der Waals surface area contributed by atoms with Crippen LogP contribution < -0.4 is 0 Å². The van der Waals surface area contributed by atoms with Crippen molar-refractivity contribution in [3.63, 3.8) is 0 Å². The second-order valence-corrected chi connectivity index (χ2v) is 4.91. The van der Waals surface area contributed by atoms with Gasteiger partial charge in [0.25, 0.3) is 0 Å². The zero-order valence-corrected chi connectivity index (χ0v) is 11.7. The third-order valence-electron chi connectivity index (χ3n) is 4.14. The standard InChI is InChI=1S/C17H24/c1-5-12-9-10-14-11-13(6-2)16(8-4)17(14)15(12)7-3/h9-10H,5-8,11H2,1-4H3. The van der Waals surface area contributed by atoms with Crippen LogP contribution >= 0.6 is 0 Å². The lowest BCUT2D eigenvalue weighted by Gasteiger charge is -2.14. The van der Waals surface area contributed by atoms with Crippen molar-refractivity contribution in [3.05, 3.63) is 40.0 Å². The number of rotatable bonds is 4. The first-order chi connectivity index (χ1) is 8.26. The van der Waals surface area contributed by atoms with Crippen LogP contribution in [-0.4, -0.2) is 0 Å². The van der Waals surface area contributed by atoms with Gasteiger partial charge in [-0.25, -0.2) is 0 Å². The largest absolute Gasteiger partial charge is 0.0623 e. The Morgan fingerprint density at radius 1 is 0.882 bits per heavy atom. The summed E-state index contributed by atoms with van der Waals surface area (Å²) in [4.78, 5) is 0. The van der Waals surface area contributed by atoms with Crippen LogP contribution in [0.3, 0.4) is 0 Å². The van der Waals surface area contributed by atoms with Crippen LogP contribution in [-0.2, 0) is 19.3 Å². The summed E-state index contributed by atoms with van der Waals surface area (Å²) in [6, 6.07) is 4.72. The fourth-order valence-electron chi connectivity index (χ4n) is 3.28. The highest BCUT2D eigenvalue weighted by Gasteiger charge is 2.22. The maximum absolute atomic E-state index is 2.37. The summed E-state index contributed by atoms with van der Waals surface area (Å²) in [5.41, 5.74) is 9.68. The van der Waals surface area contributed by atoms with Crippen molar-refractivity contribution in [2.24, 2.45) is 0 Å². The lowest BCUT2D eigenvalue weighted by molar-refractivity contribution is 1.01. The Morgan fingerprint density at radius 3 is 2.18 bits per heavy atom. The fourth-order valence-corrected chi connectivity index (χ4v) is 3.28. The lowest BCUT2D eigenvalue weighted by Crippen LogP contribution is -1.99. The molecule has 0 amide bonds. The van der Waals surface area contributed by atoms with Gasteiger partial charge in [0.1, 0.15) is 0 Å². The molecule has 1 aromatic rings. The summed E-state index contributed by atoms with van der Waals surface area (Å²) in [6.07, 6.45) is 5.94. The predicted molar refractivity (Wildman–Crippen MR) is 76.4 cm³/mol. The maximum atomic E-state index is 2.37. The molecule has 0 saturated heterocycles. The monoisotopic (exact) mass is 228 g/mol. The molecular weight excluding hydrogens is 204 g/mol. The number of hydrogen-bond acceptors (Lipinski definition) is 0. The van der Waals surface area contributed by atoms with E-state index in [4.69, 9.17) is 0 Å². The SMILES string of the molecule is CCC1=C(CC)c2c(ccc(CC)c2CC)C1. The molecule has 0 N–H and O–H groups in total. The van der Waals surface area contributed by atoms with Crippen molar-refractivity contribution >= 4 is 5.57 Å². The van der Waals surface area contributed by atoms with Crippen LogP contribution in [0.1, 0.15) is 62.8 Å². The zero-order valence-electron chi connectivity index (χ0n) is 11.7. The number of benzene rings is 1. The minimum atomic E-state index is 1.16. The first kappa shape index (κ1) is 12.4. The summed E-state index contributed by atoms with van der Waals surface area (Å²) in [5, 5.41) is 0. The Labute approximate surface area is 106 Å². The molecule has 2 rings (SSSR count). The lowest BCUT2D eigenvalue weighted by atomic mass is 9.90. The maximum Gasteiger partial charge on any atom is -0.00550 e. The van der Waals surface area contributed by atoms with Crippen LogP contribution in [0.2, 0.25) is 0 Å². The van der Waals surface area contributed by atoms with E-state index in [9.17, 15) is 0 Å². The quantitative estimate of drug-likeness (QED) is 0.684. The molecule has 0 nitrogen and oxygen atoms in total. The van der Waals surface area contributed by atoms with E-state index in [2.05, 4.69) is 39.8 Å². The predicted octanol–water partition coefficient (Wildman–Crippen LogP) is 4.94. The van der Waals surface area contributed by atoms with Gasteiger partial charge in [0.15, 0.2) is 0 Å². The minimum Gasteiger partial charge on any atom is -0.0623 e. The summed E-state index contributed by atoms with van der Waals surface area (Å²) >= 11 is 0. The highest BCUT2D eigenvalue weighted by molar-refractivity contribution is 5.79. The second kappa shape index (κ2) is 5.08. The van der Waals surface area contributed by atoms with Gasteiger partial charge >= 0.3 is 0 Å². The van der Waals surface area contributed by atoms with Crippen molar-refractivity contribution in [1.82, 2.24) is 0 Å². The Bertz CT molecular complexity index is 449. The highest BCUT2D eigenvalue weighted by Crippen LogP contribution is 2.39. The molecule has 0 atom stereocenters. The molecule has 0 heteroatoms. The molecule has 0 heterocycles. The number of fused-ring (bicyclic) bond motifs is 1. The normalized spacial score (nSPS) is 14.4. The molecule has 0 aromatic heterocycles. The molecule has 0 saturated carbocycles. The third kappa shape index (κ3) is 1.94. The average Bonchev–Trinajstić information content (AvgIpc) is 2.74. The van der Waals surface area contributed by atoms with Gasteiger partial charge in [-0.05, 0) is 59.9 Å². The molecule has 17 heavy (non-hydrogen) atoms. The summed E-state index contributed by atoms with van der Waals surface area (Å²) < 4.78 is 0. The van der Waals surface area contributed by atoms with Gasteiger partial charge in [-0.1, -0.05) is 45.4 Å². The van der Waals surface area contributed by atoms with Gasteiger partial charge in [-0.15, -0.1) is 0 Å². The topological polar surface area (TPSA) is 0 Å². The van der Waals surface area contributed by atoms with E-state index in [-0.39, 0.29) is 0 Å². The molecule has 1 aromatic carbocycles. The van der Waals surface area contributed by atoms with Gasteiger partial charge in [-0.2, -0.15) is 0 Å². The highest BCUT2D eigenvalue weighted by atomic mass is 14.3. The van der Waals surface area contributed by atoms with E-state index in [0.717, 1.165) is 6.42 Å². The Hall–Kier alpha value is -1.04. The van der Waals surface area contributed by atoms with Gasteiger partial charge in [0, 0.05) is 0 Å². The van der Waals surface area contributed by atoms with Crippen molar-refractivity contribution in [1.29, 1.82) is 0 Å². The molecular formula is C17H24.